The number of carbonyl (C=O) groups excluding carboxylic acids is 1. The summed E-state index contributed by atoms with van der Waals surface area (Å²) in [5, 5.41) is 0. The number of unbranched alkanes of at least 4 members (excludes halogenated alkanes) is 1. The minimum Gasteiger partial charge on any atom is -0.441 e. The lowest BCUT2D eigenvalue weighted by Crippen LogP contribution is -2.42. The summed E-state index contributed by atoms with van der Waals surface area (Å²) in [6, 6.07) is 9.43. The van der Waals surface area contributed by atoms with Crippen LogP contribution in [0, 0.1) is 12.8 Å². The van der Waals surface area contributed by atoms with Crippen LogP contribution in [0.2, 0.25) is 0 Å². The van der Waals surface area contributed by atoms with E-state index in [1.165, 1.54) is 9.47 Å². The van der Waals surface area contributed by atoms with Crippen molar-refractivity contribution < 1.29 is 9.21 Å². The Kier molecular flexibility index (Phi) is 8.09. The number of nitrogens with zero attached hydrogens (tertiary/aromatic N) is 3. The van der Waals surface area contributed by atoms with Crippen LogP contribution in [0.25, 0.3) is 11.5 Å². The number of hydrogen-bond donors (Lipinski definition) is 2. The summed E-state index contributed by atoms with van der Waals surface area (Å²) in [5.41, 5.74) is 6.35. The molecule has 1 aromatic carbocycles. The Morgan fingerprint density at radius 1 is 1.24 bits per heavy atom. The van der Waals surface area contributed by atoms with Crippen molar-refractivity contribution in [1.29, 1.82) is 0 Å². The Balaban J connectivity index is 1.98. The summed E-state index contributed by atoms with van der Waals surface area (Å²) >= 11 is 0. The van der Waals surface area contributed by atoms with Crippen molar-refractivity contribution in [3.05, 3.63) is 62.6 Å². The number of rotatable bonds is 10. The molecule has 3 aromatic rings. The smallest absolute Gasteiger partial charge is 0.330 e. The fraction of sp³-hybridized carbons (Fsp3) is 0.440. The van der Waals surface area contributed by atoms with Gasteiger partial charge >= 0.3 is 5.69 Å². The maximum atomic E-state index is 13.5. The highest BCUT2D eigenvalue weighted by molar-refractivity contribution is 5.96. The Labute approximate surface area is 198 Å². The quantitative estimate of drug-likeness (QED) is 0.470. The van der Waals surface area contributed by atoms with E-state index in [9.17, 15) is 14.4 Å². The molecule has 0 atom stereocenters. The number of anilines is 2. The summed E-state index contributed by atoms with van der Waals surface area (Å²) in [4.78, 5) is 46.9. The number of oxazole rings is 1. The Bertz CT molecular complexity index is 1240. The number of aryl methyl sites for hydroxylation is 1. The number of aromatic nitrogens is 3. The van der Waals surface area contributed by atoms with E-state index in [2.05, 4.69) is 9.97 Å². The molecule has 0 bridgehead atoms. The zero-order valence-electron chi connectivity index (χ0n) is 20.3. The van der Waals surface area contributed by atoms with Gasteiger partial charge in [-0.15, -0.1) is 0 Å². The first-order valence-corrected chi connectivity index (χ1v) is 11.7. The molecule has 1 amide bonds. The summed E-state index contributed by atoms with van der Waals surface area (Å²) < 4.78 is 7.12. The van der Waals surface area contributed by atoms with Crippen LogP contribution in [0.4, 0.5) is 11.5 Å². The minimum absolute atomic E-state index is 0.00107. The standard InChI is InChI=1S/C25H33N5O4/c1-5-6-13-30-22(26)21(23(32)28-25(30)33)29(14-12-16(2)3)20(31)15-19-17(4)34-24(27-19)18-10-8-7-9-11-18/h7-11,16H,5-6,12-15,26H2,1-4H3,(H,28,32,33). The number of aromatic amines is 1. The largest absolute Gasteiger partial charge is 0.441 e. The van der Waals surface area contributed by atoms with Gasteiger partial charge in [-0.25, -0.2) is 9.78 Å². The van der Waals surface area contributed by atoms with E-state index in [0.29, 0.717) is 36.2 Å². The van der Waals surface area contributed by atoms with Crippen molar-refractivity contribution in [3.63, 3.8) is 0 Å². The normalized spacial score (nSPS) is 11.2. The number of hydrogen-bond acceptors (Lipinski definition) is 6. The number of amides is 1. The Morgan fingerprint density at radius 2 is 1.94 bits per heavy atom. The molecule has 3 N–H and O–H groups in total. The van der Waals surface area contributed by atoms with Gasteiger partial charge in [0.1, 0.15) is 11.6 Å². The Morgan fingerprint density at radius 3 is 2.59 bits per heavy atom. The predicted octanol–water partition coefficient (Wildman–Crippen LogP) is 3.50. The second-order valence-electron chi connectivity index (χ2n) is 8.79. The fourth-order valence-corrected chi connectivity index (χ4v) is 3.66. The molecule has 0 aliphatic carbocycles. The number of carbonyl (C=O) groups is 1. The average Bonchev–Trinajstić information content (AvgIpc) is 3.16. The molecule has 0 aliphatic rings. The van der Waals surface area contributed by atoms with Gasteiger partial charge in [0, 0.05) is 18.7 Å². The third-order valence-electron chi connectivity index (χ3n) is 5.68. The molecule has 0 fully saturated rings. The van der Waals surface area contributed by atoms with Gasteiger partial charge in [-0.3, -0.25) is 19.1 Å². The zero-order chi connectivity index (χ0) is 24.8. The Hall–Kier alpha value is -3.62. The summed E-state index contributed by atoms with van der Waals surface area (Å²) in [7, 11) is 0. The molecule has 182 valence electrons. The summed E-state index contributed by atoms with van der Waals surface area (Å²) in [5.74, 6) is 0.918. The van der Waals surface area contributed by atoms with E-state index < -0.39 is 11.2 Å². The molecular weight excluding hydrogens is 434 g/mol. The van der Waals surface area contributed by atoms with E-state index in [4.69, 9.17) is 10.2 Å². The van der Waals surface area contributed by atoms with Crippen LogP contribution < -0.4 is 21.9 Å². The molecule has 2 aromatic heterocycles. The number of nitrogens with two attached hydrogens (primary N) is 1. The van der Waals surface area contributed by atoms with E-state index in [1.807, 2.05) is 51.1 Å². The van der Waals surface area contributed by atoms with Crippen LogP contribution in [0.5, 0.6) is 0 Å². The fourth-order valence-electron chi connectivity index (χ4n) is 3.66. The highest BCUT2D eigenvalue weighted by Crippen LogP contribution is 2.24. The van der Waals surface area contributed by atoms with E-state index >= 15 is 0 Å². The first-order chi connectivity index (χ1) is 16.2. The number of H-pyrrole nitrogens is 1. The average molecular weight is 468 g/mol. The van der Waals surface area contributed by atoms with E-state index in [-0.39, 0.29) is 30.4 Å². The van der Waals surface area contributed by atoms with Crippen molar-refractivity contribution in [2.24, 2.45) is 5.92 Å². The van der Waals surface area contributed by atoms with E-state index in [1.54, 1.807) is 6.92 Å². The lowest BCUT2D eigenvalue weighted by molar-refractivity contribution is -0.118. The van der Waals surface area contributed by atoms with Gasteiger partial charge in [0.2, 0.25) is 11.8 Å². The van der Waals surface area contributed by atoms with Crippen molar-refractivity contribution in [1.82, 2.24) is 14.5 Å². The maximum absolute atomic E-state index is 13.5. The SMILES string of the molecule is CCCCn1c(N)c(N(CCC(C)C)C(=O)Cc2nc(-c3ccccc3)oc2C)c(=O)[nH]c1=O. The van der Waals surface area contributed by atoms with Crippen LogP contribution in [0.15, 0.2) is 44.3 Å². The maximum Gasteiger partial charge on any atom is 0.330 e. The molecule has 9 heteroatoms. The van der Waals surface area contributed by atoms with Crippen LogP contribution in [-0.4, -0.2) is 27.0 Å². The van der Waals surface area contributed by atoms with E-state index in [0.717, 1.165) is 18.4 Å². The van der Waals surface area contributed by atoms with Gasteiger partial charge in [0.05, 0.1) is 12.1 Å². The van der Waals surface area contributed by atoms with Crippen molar-refractivity contribution >= 4 is 17.4 Å². The molecule has 0 unspecified atom stereocenters. The number of nitrogen functional groups attached to an aromatic ring is 1. The molecule has 9 nitrogen and oxygen atoms in total. The second kappa shape index (κ2) is 11.0. The molecule has 0 spiro atoms. The number of benzene rings is 1. The number of nitrogens with one attached hydrogen (secondary N) is 1. The van der Waals surface area contributed by atoms with Gasteiger partial charge in [0.15, 0.2) is 5.69 Å². The first-order valence-electron chi connectivity index (χ1n) is 11.7. The van der Waals surface area contributed by atoms with Gasteiger partial charge < -0.3 is 15.1 Å². The van der Waals surface area contributed by atoms with Gasteiger partial charge in [0.25, 0.3) is 5.56 Å². The lowest BCUT2D eigenvalue weighted by atomic mass is 10.1. The van der Waals surface area contributed by atoms with Crippen molar-refractivity contribution in [2.75, 3.05) is 17.2 Å². The second-order valence-corrected chi connectivity index (χ2v) is 8.79. The first kappa shape index (κ1) is 25.0. The van der Waals surface area contributed by atoms with Crippen LogP contribution in [-0.2, 0) is 17.8 Å². The molecule has 34 heavy (non-hydrogen) atoms. The van der Waals surface area contributed by atoms with Gasteiger partial charge in [-0.1, -0.05) is 45.4 Å². The summed E-state index contributed by atoms with van der Waals surface area (Å²) in [6.45, 7) is 8.47. The molecule has 0 saturated carbocycles. The third kappa shape index (κ3) is 5.65. The van der Waals surface area contributed by atoms with Crippen LogP contribution >= 0.6 is 0 Å². The minimum atomic E-state index is -0.672. The lowest BCUT2D eigenvalue weighted by Gasteiger charge is -2.25. The van der Waals surface area contributed by atoms with Crippen LogP contribution in [0.1, 0.15) is 51.5 Å². The topological polar surface area (TPSA) is 127 Å². The molecular formula is C25H33N5O4. The predicted molar refractivity (Wildman–Crippen MR) is 133 cm³/mol. The van der Waals surface area contributed by atoms with Gasteiger partial charge in [-0.05, 0) is 37.8 Å². The van der Waals surface area contributed by atoms with Crippen molar-refractivity contribution in [2.45, 2.75) is 59.9 Å². The zero-order valence-corrected chi connectivity index (χ0v) is 20.3. The van der Waals surface area contributed by atoms with Gasteiger partial charge in [-0.2, -0.15) is 0 Å². The molecule has 3 rings (SSSR count). The van der Waals surface area contributed by atoms with Crippen molar-refractivity contribution in [3.8, 4) is 11.5 Å². The molecule has 0 aliphatic heterocycles. The molecule has 0 saturated heterocycles. The van der Waals surface area contributed by atoms with Crippen LogP contribution in [0.3, 0.4) is 0 Å². The highest BCUT2D eigenvalue weighted by Gasteiger charge is 2.26. The monoisotopic (exact) mass is 467 g/mol. The third-order valence-corrected chi connectivity index (χ3v) is 5.68. The molecule has 2 heterocycles. The molecule has 0 radical (unpaired) electrons. The summed E-state index contributed by atoms with van der Waals surface area (Å²) in [6.07, 6.45) is 2.17. The highest BCUT2D eigenvalue weighted by atomic mass is 16.4.